The number of benzene rings is 1. The lowest BCUT2D eigenvalue weighted by atomic mass is 9.84. The van der Waals surface area contributed by atoms with Gasteiger partial charge in [-0.2, -0.15) is 0 Å². The zero-order valence-electron chi connectivity index (χ0n) is 10.8. The Hall–Kier alpha value is -0.670. The van der Waals surface area contributed by atoms with E-state index in [1.807, 2.05) is 18.2 Å². The van der Waals surface area contributed by atoms with Gasteiger partial charge in [0.05, 0.1) is 5.75 Å². The van der Waals surface area contributed by atoms with Crippen LogP contribution >= 0.6 is 23.4 Å². The van der Waals surface area contributed by atoms with Crippen molar-refractivity contribution in [1.29, 1.82) is 0 Å². The number of amides is 1. The van der Waals surface area contributed by atoms with Crippen molar-refractivity contribution in [3.63, 3.8) is 0 Å². The topological polar surface area (TPSA) is 29.1 Å². The van der Waals surface area contributed by atoms with Crippen molar-refractivity contribution in [2.24, 2.45) is 5.92 Å². The minimum atomic E-state index is 0.104. The number of fused-ring (bicyclic) bond motifs is 1. The molecule has 2 nitrogen and oxygen atoms in total. The summed E-state index contributed by atoms with van der Waals surface area (Å²) in [6.45, 7) is 0. The van der Waals surface area contributed by atoms with Crippen LogP contribution in [0.2, 0.25) is 5.02 Å². The number of carbonyl (C=O) groups is 1. The van der Waals surface area contributed by atoms with Crippen molar-refractivity contribution < 1.29 is 4.79 Å². The van der Waals surface area contributed by atoms with Gasteiger partial charge in [0.1, 0.15) is 0 Å². The third-order valence-corrected chi connectivity index (χ3v) is 5.73. The number of thioether (sulfide) groups is 1. The van der Waals surface area contributed by atoms with E-state index in [0.717, 1.165) is 10.7 Å². The molecular formula is C15H18ClNOS. The monoisotopic (exact) mass is 295 g/mol. The van der Waals surface area contributed by atoms with Crippen molar-refractivity contribution in [1.82, 2.24) is 0 Å². The summed E-state index contributed by atoms with van der Waals surface area (Å²) in [5, 5.41) is 4.17. The van der Waals surface area contributed by atoms with Gasteiger partial charge in [0, 0.05) is 16.0 Å². The molecule has 1 fully saturated rings. The minimum Gasteiger partial charge on any atom is -0.325 e. The second-order valence-electron chi connectivity index (χ2n) is 5.41. The van der Waals surface area contributed by atoms with Crippen molar-refractivity contribution in [3.05, 3.63) is 28.8 Å². The van der Waals surface area contributed by atoms with Gasteiger partial charge in [0.15, 0.2) is 0 Å². The van der Waals surface area contributed by atoms with E-state index in [4.69, 9.17) is 11.6 Å². The average Bonchev–Trinajstić information content (AvgIpc) is 2.58. The van der Waals surface area contributed by atoms with Crippen LogP contribution in [0.3, 0.4) is 0 Å². The molecule has 0 radical (unpaired) electrons. The molecule has 1 heterocycles. The number of carbonyl (C=O) groups excluding carboxylic acids is 1. The van der Waals surface area contributed by atoms with Gasteiger partial charge in [-0.1, -0.05) is 30.9 Å². The van der Waals surface area contributed by atoms with Gasteiger partial charge < -0.3 is 5.32 Å². The Morgan fingerprint density at radius 1 is 1.21 bits per heavy atom. The molecule has 102 valence electrons. The molecule has 1 atom stereocenters. The molecule has 2 aliphatic rings. The summed E-state index contributed by atoms with van der Waals surface area (Å²) in [6.07, 6.45) is 6.54. The number of halogens is 1. The molecule has 0 bridgehead atoms. The van der Waals surface area contributed by atoms with Crippen LogP contribution in [0.1, 0.15) is 42.9 Å². The molecule has 1 aliphatic carbocycles. The lowest BCUT2D eigenvalue weighted by Crippen LogP contribution is -2.14. The summed E-state index contributed by atoms with van der Waals surface area (Å²) in [5.41, 5.74) is 2.17. The predicted molar refractivity (Wildman–Crippen MR) is 81.9 cm³/mol. The SMILES string of the molecule is O=C1CSC(C2CCCCC2)c2cc(Cl)ccc2N1. The number of hydrogen-bond donors (Lipinski definition) is 1. The minimum absolute atomic E-state index is 0.104. The summed E-state index contributed by atoms with van der Waals surface area (Å²) in [4.78, 5) is 11.8. The molecule has 4 heteroatoms. The van der Waals surface area contributed by atoms with Crippen molar-refractivity contribution >= 4 is 35.0 Å². The highest BCUT2D eigenvalue weighted by Gasteiger charge is 2.30. The highest BCUT2D eigenvalue weighted by molar-refractivity contribution is 8.00. The Balaban J connectivity index is 1.95. The summed E-state index contributed by atoms with van der Waals surface area (Å²) in [7, 11) is 0. The van der Waals surface area contributed by atoms with E-state index < -0.39 is 0 Å². The first-order valence-corrected chi connectivity index (χ1v) is 8.37. The van der Waals surface area contributed by atoms with Gasteiger partial charge in [-0.15, -0.1) is 11.8 Å². The van der Waals surface area contributed by atoms with E-state index >= 15 is 0 Å². The second kappa shape index (κ2) is 5.76. The molecule has 19 heavy (non-hydrogen) atoms. The highest BCUT2D eigenvalue weighted by Crippen LogP contribution is 2.47. The van der Waals surface area contributed by atoms with Crippen LogP contribution < -0.4 is 5.32 Å². The smallest absolute Gasteiger partial charge is 0.234 e. The predicted octanol–water partition coefficient (Wildman–Crippen LogP) is 4.65. The number of nitrogens with one attached hydrogen (secondary N) is 1. The fourth-order valence-corrected chi connectivity index (χ4v) is 4.65. The second-order valence-corrected chi connectivity index (χ2v) is 6.98. The van der Waals surface area contributed by atoms with Crippen LogP contribution in [0.25, 0.3) is 0 Å². The first kappa shape index (κ1) is 13.3. The zero-order valence-corrected chi connectivity index (χ0v) is 12.4. The molecule has 0 aromatic heterocycles. The fraction of sp³-hybridized carbons (Fsp3) is 0.533. The van der Waals surface area contributed by atoms with Crippen LogP contribution in [0.4, 0.5) is 5.69 Å². The molecule has 1 aliphatic heterocycles. The summed E-state index contributed by atoms with van der Waals surface area (Å²) >= 11 is 7.93. The van der Waals surface area contributed by atoms with Gasteiger partial charge in [0.25, 0.3) is 0 Å². The molecule has 0 saturated heterocycles. The quantitative estimate of drug-likeness (QED) is 0.817. The van der Waals surface area contributed by atoms with Crippen molar-refractivity contribution in [2.75, 3.05) is 11.1 Å². The Labute approximate surface area is 123 Å². The molecule has 3 rings (SSSR count). The normalized spacial score (nSPS) is 24.5. The third-order valence-electron chi connectivity index (χ3n) is 4.07. The van der Waals surface area contributed by atoms with E-state index in [1.165, 1.54) is 37.7 Å². The summed E-state index contributed by atoms with van der Waals surface area (Å²) < 4.78 is 0. The van der Waals surface area contributed by atoms with E-state index in [9.17, 15) is 4.79 Å². The van der Waals surface area contributed by atoms with Crippen LogP contribution in [-0.2, 0) is 4.79 Å². The average molecular weight is 296 g/mol. The Kier molecular flexibility index (Phi) is 4.04. The first-order valence-electron chi connectivity index (χ1n) is 6.95. The third kappa shape index (κ3) is 2.92. The molecule has 1 aromatic carbocycles. The summed E-state index contributed by atoms with van der Waals surface area (Å²) in [6, 6.07) is 5.83. The fourth-order valence-electron chi connectivity index (χ4n) is 3.15. The number of rotatable bonds is 1. The maximum absolute atomic E-state index is 11.8. The molecule has 1 saturated carbocycles. The Morgan fingerprint density at radius 3 is 2.79 bits per heavy atom. The lowest BCUT2D eigenvalue weighted by molar-refractivity contribution is -0.113. The molecular weight excluding hydrogens is 278 g/mol. The molecule has 1 N–H and O–H groups in total. The van der Waals surface area contributed by atoms with Crippen LogP contribution in [0.5, 0.6) is 0 Å². The molecule has 1 aromatic rings. The van der Waals surface area contributed by atoms with Gasteiger partial charge in [-0.25, -0.2) is 0 Å². The van der Waals surface area contributed by atoms with E-state index in [1.54, 1.807) is 11.8 Å². The van der Waals surface area contributed by atoms with Crippen LogP contribution in [0.15, 0.2) is 18.2 Å². The highest BCUT2D eigenvalue weighted by atomic mass is 35.5. The van der Waals surface area contributed by atoms with Crippen LogP contribution in [-0.4, -0.2) is 11.7 Å². The lowest BCUT2D eigenvalue weighted by Gasteiger charge is -2.30. The van der Waals surface area contributed by atoms with Crippen LogP contribution in [0, 0.1) is 5.92 Å². The molecule has 0 spiro atoms. The largest absolute Gasteiger partial charge is 0.325 e. The molecule has 1 amide bonds. The van der Waals surface area contributed by atoms with E-state index in [0.29, 0.717) is 16.9 Å². The summed E-state index contributed by atoms with van der Waals surface area (Å²) in [5.74, 6) is 1.34. The standard InChI is InChI=1S/C15H18ClNOS/c16-11-6-7-13-12(8-11)15(19-9-14(18)17-13)10-4-2-1-3-5-10/h6-8,10,15H,1-5,9H2,(H,17,18). The van der Waals surface area contributed by atoms with E-state index in [-0.39, 0.29) is 5.91 Å². The molecule has 1 unspecified atom stereocenters. The zero-order chi connectivity index (χ0) is 13.2. The number of hydrogen-bond acceptors (Lipinski definition) is 2. The van der Waals surface area contributed by atoms with Crippen molar-refractivity contribution in [2.45, 2.75) is 37.4 Å². The maximum Gasteiger partial charge on any atom is 0.234 e. The Bertz CT molecular complexity index is 485. The first-order chi connectivity index (χ1) is 9.24. The van der Waals surface area contributed by atoms with Gasteiger partial charge in [0.2, 0.25) is 5.91 Å². The Morgan fingerprint density at radius 2 is 2.00 bits per heavy atom. The van der Waals surface area contributed by atoms with Gasteiger partial charge >= 0.3 is 0 Å². The van der Waals surface area contributed by atoms with Gasteiger partial charge in [-0.3, -0.25) is 4.79 Å². The maximum atomic E-state index is 11.8. The van der Waals surface area contributed by atoms with Gasteiger partial charge in [-0.05, 0) is 42.5 Å². The van der Waals surface area contributed by atoms with Crippen molar-refractivity contribution in [3.8, 4) is 0 Å². The number of anilines is 1. The van der Waals surface area contributed by atoms with E-state index in [2.05, 4.69) is 5.32 Å².